The summed E-state index contributed by atoms with van der Waals surface area (Å²) in [5, 5.41) is 13.1. The lowest BCUT2D eigenvalue weighted by atomic mass is 10.1. The second kappa shape index (κ2) is 9.67. The quantitative estimate of drug-likeness (QED) is 0.344. The van der Waals surface area contributed by atoms with Crippen molar-refractivity contribution in [2.45, 2.75) is 25.5 Å². The Kier molecular flexibility index (Phi) is 7.00. The van der Waals surface area contributed by atoms with Crippen LogP contribution < -0.4 is 5.43 Å². The third-order valence-corrected chi connectivity index (χ3v) is 5.35. The van der Waals surface area contributed by atoms with Gasteiger partial charge in [0.1, 0.15) is 5.82 Å². The first-order valence-electron chi connectivity index (χ1n) is 8.88. The van der Waals surface area contributed by atoms with Crippen LogP contribution in [0.15, 0.2) is 52.7 Å². The highest BCUT2D eigenvalue weighted by Gasteiger charge is 2.14. The minimum atomic E-state index is -0.510. The summed E-state index contributed by atoms with van der Waals surface area (Å²) in [5.41, 5.74) is 4.62. The Hall–Kier alpha value is -2.71. The van der Waals surface area contributed by atoms with E-state index in [1.54, 1.807) is 6.07 Å². The third-order valence-electron chi connectivity index (χ3n) is 4.06. The number of hydrogen-bond donors (Lipinski definition) is 1. The monoisotopic (exact) mass is 431 g/mol. The summed E-state index contributed by atoms with van der Waals surface area (Å²) in [5.74, 6) is -0.0117. The summed E-state index contributed by atoms with van der Waals surface area (Å²) in [6.45, 7) is 4.69. The number of benzene rings is 2. The molecule has 0 aliphatic rings. The molecule has 0 spiro atoms. The maximum absolute atomic E-state index is 13.7. The van der Waals surface area contributed by atoms with Gasteiger partial charge >= 0.3 is 0 Å². The van der Waals surface area contributed by atoms with Crippen LogP contribution in [-0.2, 0) is 11.3 Å². The van der Waals surface area contributed by atoms with Crippen molar-refractivity contribution in [1.82, 2.24) is 20.2 Å². The zero-order valence-corrected chi connectivity index (χ0v) is 17.5. The Labute approximate surface area is 177 Å². The molecule has 29 heavy (non-hydrogen) atoms. The van der Waals surface area contributed by atoms with Gasteiger partial charge in [0.15, 0.2) is 11.0 Å². The number of carbonyl (C=O) groups is 1. The van der Waals surface area contributed by atoms with Gasteiger partial charge in [0, 0.05) is 17.7 Å². The highest BCUT2D eigenvalue weighted by atomic mass is 35.5. The number of rotatable bonds is 7. The smallest absolute Gasteiger partial charge is 0.250 e. The van der Waals surface area contributed by atoms with Crippen LogP contribution in [0.5, 0.6) is 0 Å². The van der Waals surface area contributed by atoms with E-state index >= 15 is 0 Å². The van der Waals surface area contributed by atoms with Crippen molar-refractivity contribution in [1.29, 1.82) is 0 Å². The largest absolute Gasteiger partial charge is 0.302 e. The zero-order valence-electron chi connectivity index (χ0n) is 15.9. The molecule has 3 aromatic rings. The molecule has 0 bridgehead atoms. The van der Waals surface area contributed by atoms with E-state index in [0.717, 1.165) is 11.4 Å². The Bertz CT molecular complexity index is 1020. The molecular weight excluding hydrogens is 413 g/mol. The van der Waals surface area contributed by atoms with Gasteiger partial charge in [-0.3, -0.25) is 4.79 Å². The van der Waals surface area contributed by atoms with Crippen LogP contribution in [0.3, 0.4) is 0 Å². The number of hydrazone groups is 1. The molecule has 0 aliphatic heterocycles. The van der Waals surface area contributed by atoms with Crippen molar-refractivity contribution in [3.8, 4) is 11.4 Å². The molecule has 2 aromatic carbocycles. The molecule has 1 N–H and O–H groups in total. The lowest BCUT2D eigenvalue weighted by Gasteiger charge is -2.07. The van der Waals surface area contributed by atoms with E-state index in [1.165, 1.54) is 35.7 Å². The molecule has 6 nitrogen and oxygen atoms in total. The van der Waals surface area contributed by atoms with E-state index in [9.17, 15) is 9.18 Å². The number of carbonyl (C=O) groups excluding carboxylic acids is 1. The number of nitrogens with zero attached hydrogens (tertiary/aromatic N) is 4. The van der Waals surface area contributed by atoms with Crippen LogP contribution >= 0.6 is 23.4 Å². The molecule has 150 valence electrons. The van der Waals surface area contributed by atoms with Crippen molar-refractivity contribution in [2.24, 2.45) is 5.10 Å². The molecule has 0 saturated heterocycles. The van der Waals surface area contributed by atoms with Crippen LogP contribution in [-0.4, -0.2) is 32.6 Å². The van der Waals surface area contributed by atoms with Crippen molar-refractivity contribution >= 4 is 35.5 Å². The molecule has 1 heterocycles. The molecule has 0 unspecified atom stereocenters. The zero-order chi connectivity index (χ0) is 20.8. The van der Waals surface area contributed by atoms with Crippen LogP contribution in [0.1, 0.15) is 18.1 Å². The van der Waals surface area contributed by atoms with Gasteiger partial charge in [-0.25, -0.2) is 9.82 Å². The average molecular weight is 432 g/mol. The van der Waals surface area contributed by atoms with Crippen LogP contribution in [0.25, 0.3) is 11.4 Å². The number of aryl methyl sites for hydroxylation is 1. The summed E-state index contributed by atoms with van der Waals surface area (Å²) in [6, 6.07) is 12.3. The average Bonchev–Trinajstić information content (AvgIpc) is 3.12. The summed E-state index contributed by atoms with van der Waals surface area (Å²) >= 11 is 7.17. The number of nitrogens with one attached hydrogen (secondary N) is 1. The van der Waals surface area contributed by atoms with Crippen molar-refractivity contribution in [3.05, 3.63) is 64.4 Å². The molecule has 1 aromatic heterocycles. The van der Waals surface area contributed by atoms with Gasteiger partial charge in [0.2, 0.25) is 0 Å². The lowest BCUT2D eigenvalue weighted by molar-refractivity contribution is -0.118. The van der Waals surface area contributed by atoms with E-state index in [2.05, 4.69) is 20.7 Å². The van der Waals surface area contributed by atoms with E-state index in [0.29, 0.717) is 11.7 Å². The predicted octanol–water partition coefficient (Wildman–Crippen LogP) is 4.31. The Morgan fingerprint density at radius 1 is 1.28 bits per heavy atom. The van der Waals surface area contributed by atoms with Gasteiger partial charge < -0.3 is 4.57 Å². The van der Waals surface area contributed by atoms with Crippen LogP contribution in [0.4, 0.5) is 4.39 Å². The molecule has 3 rings (SSSR count). The Balaban J connectivity index is 1.62. The van der Waals surface area contributed by atoms with Crippen LogP contribution in [0, 0.1) is 12.7 Å². The minimum absolute atomic E-state index is 0.0916. The van der Waals surface area contributed by atoms with Crippen molar-refractivity contribution in [2.75, 3.05) is 5.75 Å². The van der Waals surface area contributed by atoms with Gasteiger partial charge in [-0.1, -0.05) is 59.3 Å². The number of halogens is 2. The molecule has 0 atom stereocenters. The topological polar surface area (TPSA) is 72.2 Å². The molecule has 0 saturated carbocycles. The molecule has 1 amide bonds. The highest BCUT2D eigenvalue weighted by molar-refractivity contribution is 7.99. The SMILES string of the molecule is CCn1c(SCC(=O)NN=Cc2c(F)cccc2Cl)nnc1-c1ccc(C)cc1. The van der Waals surface area contributed by atoms with Gasteiger partial charge in [0.05, 0.1) is 17.0 Å². The predicted molar refractivity (Wildman–Crippen MR) is 114 cm³/mol. The molecule has 0 aliphatic carbocycles. The number of thioether (sulfide) groups is 1. The number of aromatic nitrogens is 3. The first-order valence-corrected chi connectivity index (χ1v) is 10.2. The van der Waals surface area contributed by atoms with Gasteiger partial charge in [-0.05, 0) is 26.0 Å². The summed E-state index contributed by atoms with van der Waals surface area (Å²) in [6.07, 6.45) is 1.18. The molecular formula is C20H19ClFN5OS. The maximum atomic E-state index is 13.7. The van der Waals surface area contributed by atoms with E-state index in [-0.39, 0.29) is 22.2 Å². The van der Waals surface area contributed by atoms with Gasteiger partial charge in [-0.15, -0.1) is 10.2 Å². The summed E-state index contributed by atoms with van der Waals surface area (Å²) in [7, 11) is 0. The normalized spacial score (nSPS) is 11.2. The number of hydrogen-bond acceptors (Lipinski definition) is 5. The molecule has 0 radical (unpaired) electrons. The van der Waals surface area contributed by atoms with Crippen LogP contribution in [0.2, 0.25) is 5.02 Å². The number of amides is 1. The fourth-order valence-electron chi connectivity index (χ4n) is 2.56. The van der Waals surface area contributed by atoms with Gasteiger partial charge in [-0.2, -0.15) is 5.10 Å². The van der Waals surface area contributed by atoms with E-state index in [1.807, 2.05) is 42.7 Å². The maximum Gasteiger partial charge on any atom is 0.250 e. The fourth-order valence-corrected chi connectivity index (χ4v) is 3.57. The fraction of sp³-hybridized carbons (Fsp3) is 0.200. The van der Waals surface area contributed by atoms with Gasteiger partial charge in [0.25, 0.3) is 5.91 Å². The third kappa shape index (κ3) is 5.21. The Morgan fingerprint density at radius 3 is 2.72 bits per heavy atom. The Morgan fingerprint density at radius 2 is 2.03 bits per heavy atom. The van der Waals surface area contributed by atoms with Crippen molar-refractivity contribution < 1.29 is 9.18 Å². The van der Waals surface area contributed by atoms with E-state index < -0.39 is 5.82 Å². The first kappa shape index (κ1) is 21.0. The summed E-state index contributed by atoms with van der Waals surface area (Å²) in [4.78, 5) is 12.1. The standard InChI is InChI=1S/C20H19ClFN5OS/c1-3-27-19(14-9-7-13(2)8-10-14)25-26-20(27)29-12-18(28)24-23-11-15-16(21)5-4-6-17(15)22/h4-11H,3,12H2,1-2H3,(H,24,28). The van der Waals surface area contributed by atoms with Crippen molar-refractivity contribution in [3.63, 3.8) is 0 Å². The lowest BCUT2D eigenvalue weighted by Crippen LogP contribution is -2.20. The minimum Gasteiger partial charge on any atom is -0.302 e. The molecule has 9 heteroatoms. The second-order valence-corrected chi connectivity index (χ2v) is 7.48. The first-order chi connectivity index (χ1) is 14.0. The highest BCUT2D eigenvalue weighted by Crippen LogP contribution is 2.24. The van der Waals surface area contributed by atoms with E-state index in [4.69, 9.17) is 11.6 Å². The second-order valence-electron chi connectivity index (χ2n) is 6.13. The molecule has 0 fully saturated rings. The summed E-state index contributed by atoms with van der Waals surface area (Å²) < 4.78 is 15.6.